The smallest absolute Gasteiger partial charge is 0.118 e. The molecule has 0 amide bonds. The van der Waals surface area contributed by atoms with E-state index in [1.54, 1.807) is 7.11 Å². The number of hydrogen-bond donors (Lipinski definition) is 3. The Labute approximate surface area is 178 Å². The van der Waals surface area contributed by atoms with Gasteiger partial charge in [-0.1, -0.05) is 62.4 Å². The molecule has 0 heterocycles. The summed E-state index contributed by atoms with van der Waals surface area (Å²) in [6.07, 6.45) is 0. The third kappa shape index (κ3) is 4.57. The van der Waals surface area contributed by atoms with Gasteiger partial charge >= 0.3 is 0 Å². The second-order valence-corrected chi connectivity index (χ2v) is 7.68. The second kappa shape index (κ2) is 9.90. The molecular formula is C26H30O4. The first kappa shape index (κ1) is 22.0. The first-order valence-corrected chi connectivity index (χ1v) is 10.2. The fraction of sp³-hybridized carbons (Fsp3) is 0.308. The maximum Gasteiger partial charge on any atom is 0.118 e. The monoisotopic (exact) mass is 406 g/mol. The lowest BCUT2D eigenvalue weighted by Gasteiger charge is -2.23. The summed E-state index contributed by atoms with van der Waals surface area (Å²) in [5, 5.41) is 29.3. The van der Waals surface area contributed by atoms with E-state index in [-0.39, 0.29) is 31.7 Å². The molecule has 0 aromatic heterocycles. The minimum absolute atomic E-state index is 0.0191. The molecule has 0 saturated heterocycles. The fourth-order valence-corrected chi connectivity index (χ4v) is 3.97. The van der Waals surface area contributed by atoms with Crippen molar-refractivity contribution < 1.29 is 20.1 Å². The summed E-state index contributed by atoms with van der Waals surface area (Å²) in [6, 6.07) is 19.9. The molecule has 30 heavy (non-hydrogen) atoms. The van der Waals surface area contributed by atoms with E-state index < -0.39 is 0 Å². The molecule has 0 spiro atoms. The van der Waals surface area contributed by atoms with Crippen LogP contribution in [0.4, 0.5) is 0 Å². The normalized spacial score (nSPS) is 13.1. The van der Waals surface area contributed by atoms with Gasteiger partial charge in [-0.05, 0) is 51.1 Å². The van der Waals surface area contributed by atoms with Gasteiger partial charge in [0.05, 0.1) is 26.9 Å². The number of aliphatic hydroxyl groups excluding tert-OH is 3. The van der Waals surface area contributed by atoms with E-state index in [0.29, 0.717) is 0 Å². The summed E-state index contributed by atoms with van der Waals surface area (Å²) in [7, 11) is 1.65. The molecule has 0 aliphatic rings. The number of aliphatic hydroxyl groups is 3. The van der Waals surface area contributed by atoms with Crippen molar-refractivity contribution in [3.05, 3.63) is 99.6 Å². The summed E-state index contributed by atoms with van der Waals surface area (Å²) in [6.45, 7) is 4.09. The quantitative estimate of drug-likeness (QED) is 0.516. The summed E-state index contributed by atoms with van der Waals surface area (Å²) >= 11 is 0. The van der Waals surface area contributed by atoms with Gasteiger partial charge in [0, 0.05) is 11.8 Å². The minimum Gasteiger partial charge on any atom is -0.497 e. The van der Waals surface area contributed by atoms with E-state index in [9.17, 15) is 15.3 Å². The topological polar surface area (TPSA) is 69.9 Å². The number of rotatable bonds is 8. The number of benzene rings is 3. The summed E-state index contributed by atoms with van der Waals surface area (Å²) in [5.41, 5.74) is 6.86. The fourth-order valence-electron chi connectivity index (χ4n) is 3.97. The molecule has 0 fully saturated rings. The maximum atomic E-state index is 10.00. The van der Waals surface area contributed by atoms with E-state index in [2.05, 4.69) is 19.9 Å². The maximum absolute atomic E-state index is 10.00. The number of methoxy groups -OCH3 is 1. The van der Waals surface area contributed by atoms with Crippen LogP contribution in [0.1, 0.15) is 64.6 Å². The Balaban J connectivity index is 2.04. The summed E-state index contributed by atoms with van der Waals surface area (Å²) in [5.74, 6) is 0.951. The first-order valence-electron chi connectivity index (χ1n) is 10.2. The number of hydrogen-bond acceptors (Lipinski definition) is 4. The Bertz CT molecular complexity index is 885. The molecule has 3 aromatic rings. The van der Waals surface area contributed by atoms with Gasteiger partial charge in [0.25, 0.3) is 0 Å². The standard InChI is InChI=1S/C26H30O4/c1-17(20-6-4-19(14-27)5-7-20)25-13-26(23(16-29)12-22(25)15-28)18(2)21-8-10-24(30-3)11-9-21/h4-13,17-18,27-29H,14-16H2,1-3H3. The predicted molar refractivity (Wildman–Crippen MR) is 119 cm³/mol. The van der Waals surface area contributed by atoms with Gasteiger partial charge < -0.3 is 20.1 Å². The Kier molecular flexibility index (Phi) is 7.27. The Morgan fingerprint density at radius 3 is 1.53 bits per heavy atom. The molecule has 3 aromatic carbocycles. The van der Waals surface area contributed by atoms with Gasteiger partial charge in [-0.15, -0.1) is 0 Å². The molecular weight excluding hydrogens is 376 g/mol. The van der Waals surface area contributed by atoms with Crippen molar-refractivity contribution in [2.75, 3.05) is 7.11 Å². The molecule has 0 aliphatic carbocycles. The molecule has 4 heteroatoms. The molecule has 0 saturated carbocycles. The van der Waals surface area contributed by atoms with E-state index in [1.807, 2.05) is 54.6 Å². The van der Waals surface area contributed by atoms with Crippen LogP contribution in [-0.4, -0.2) is 22.4 Å². The Morgan fingerprint density at radius 1 is 0.667 bits per heavy atom. The highest BCUT2D eigenvalue weighted by atomic mass is 16.5. The van der Waals surface area contributed by atoms with Crippen LogP contribution in [-0.2, 0) is 19.8 Å². The van der Waals surface area contributed by atoms with Crippen LogP contribution < -0.4 is 4.74 Å². The van der Waals surface area contributed by atoms with Gasteiger partial charge in [-0.2, -0.15) is 0 Å². The molecule has 158 valence electrons. The van der Waals surface area contributed by atoms with Crippen molar-refractivity contribution in [3.63, 3.8) is 0 Å². The molecule has 2 atom stereocenters. The third-order valence-corrected chi connectivity index (χ3v) is 5.95. The van der Waals surface area contributed by atoms with Crippen molar-refractivity contribution in [2.24, 2.45) is 0 Å². The van der Waals surface area contributed by atoms with Crippen LogP contribution >= 0.6 is 0 Å². The lowest BCUT2D eigenvalue weighted by Crippen LogP contribution is -2.08. The van der Waals surface area contributed by atoms with Gasteiger partial charge in [0.2, 0.25) is 0 Å². The van der Waals surface area contributed by atoms with Crippen LogP contribution in [0, 0.1) is 0 Å². The van der Waals surface area contributed by atoms with Crippen molar-refractivity contribution in [2.45, 2.75) is 45.5 Å². The largest absolute Gasteiger partial charge is 0.497 e. The molecule has 2 unspecified atom stereocenters. The van der Waals surface area contributed by atoms with Crippen LogP contribution in [0.2, 0.25) is 0 Å². The zero-order valence-corrected chi connectivity index (χ0v) is 17.8. The average Bonchev–Trinajstić information content (AvgIpc) is 2.82. The zero-order valence-electron chi connectivity index (χ0n) is 17.8. The Morgan fingerprint density at radius 2 is 1.13 bits per heavy atom. The second-order valence-electron chi connectivity index (χ2n) is 7.68. The molecule has 3 N–H and O–H groups in total. The lowest BCUT2D eigenvalue weighted by atomic mass is 9.82. The zero-order chi connectivity index (χ0) is 21.7. The van der Waals surface area contributed by atoms with E-state index >= 15 is 0 Å². The molecule has 4 nitrogen and oxygen atoms in total. The third-order valence-electron chi connectivity index (χ3n) is 5.95. The molecule has 0 aliphatic heterocycles. The van der Waals surface area contributed by atoms with Gasteiger partial charge in [-0.25, -0.2) is 0 Å². The van der Waals surface area contributed by atoms with Crippen LogP contribution in [0.5, 0.6) is 5.75 Å². The van der Waals surface area contributed by atoms with E-state index in [1.165, 1.54) is 0 Å². The summed E-state index contributed by atoms with van der Waals surface area (Å²) < 4.78 is 5.26. The van der Waals surface area contributed by atoms with E-state index in [0.717, 1.165) is 44.7 Å². The van der Waals surface area contributed by atoms with E-state index in [4.69, 9.17) is 4.74 Å². The highest BCUT2D eigenvalue weighted by Gasteiger charge is 2.20. The number of ether oxygens (including phenoxy) is 1. The van der Waals surface area contributed by atoms with Gasteiger partial charge in [0.15, 0.2) is 0 Å². The first-order chi connectivity index (χ1) is 14.5. The van der Waals surface area contributed by atoms with Crippen LogP contribution in [0.15, 0.2) is 60.7 Å². The SMILES string of the molecule is COc1ccc(C(C)c2cc(C(C)c3ccc(CO)cc3)c(CO)cc2CO)cc1. The highest BCUT2D eigenvalue weighted by Crippen LogP contribution is 2.35. The van der Waals surface area contributed by atoms with Crippen molar-refractivity contribution in [1.82, 2.24) is 0 Å². The average molecular weight is 407 g/mol. The highest BCUT2D eigenvalue weighted by molar-refractivity contribution is 5.47. The van der Waals surface area contributed by atoms with Crippen LogP contribution in [0.25, 0.3) is 0 Å². The van der Waals surface area contributed by atoms with Crippen molar-refractivity contribution in [1.29, 1.82) is 0 Å². The molecule has 0 bridgehead atoms. The minimum atomic E-state index is -0.0847. The van der Waals surface area contributed by atoms with Crippen molar-refractivity contribution >= 4 is 0 Å². The van der Waals surface area contributed by atoms with Crippen molar-refractivity contribution in [3.8, 4) is 5.75 Å². The van der Waals surface area contributed by atoms with Crippen LogP contribution in [0.3, 0.4) is 0 Å². The Hall–Kier alpha value is -2.66. The molecule has 0 radical (unpaired) electrons. The predicted octanol–water partition coefficient (Wildman–Crippen LogP) is 4.48. The van der Waals surface area contributed by atoms with Gasteiger partial charge in [0.1, 0.15) is 5.75 Å². The molecule has 3 rings (SSSR count). The lowest BCUT2D eigenvalue weighted by molar-refractivity contribution is 0.273. The summed E-state index contributed by atoms with van der Waals surface area (Å²) in [4.78, 5) is 0. The van der Waals surface area contributed by atoms with Gasteiger partial charge in [-0.3, -0.25) is 0 Å².